The molecule has 0 bridgehead atoms. The fourth-order valence-corrected chi connectivity index (χ4v) is 1.82. The van der Waals surface area contributed by atoms with Crippen LogP contribution >= 0.6 is 0 Å². The summed E-state index contributed by atoms with van der Waals surface area (Å²) in [7, 11) is 1.89. The van der Waals surface area contributed by atoms with E-state index in [-0.39, 0.29) is 0 Å². The van der Waals surface area contributed by atoms with Gasteiger partial charge in [0.05, 0.1) is 16.9 Å². The van der Waals surface area contributed by atoms with E-state index in [1.807, 2.05) is 26.2 Å². The van der Waals surface area contributed by atoms with Crippen LogP contribution < -0.4 is 11.1 Å². The molecule has 5 nitrogen and oxygen atoms in total. The molecule has 0 saturated heterocycles. The highest BCUT2D eigenvalue weighted by Gasteiger charge is 2.05. The van der Waals surface area contributed by atoms with E-state index in [4.69, 9.17) is 11.0 Å². The maximum atomic E-state index is 9.04. The van der Waals surface area contributed by atoms with Crippen molar-refractivity contribution in [3.63, 3.8) is 0 Å². The van der Waals surface area contributed by atoms with Crippen molar-refractivity contribution in [3.05, 3.63) is 41.2 Å². The predicted octanol–water partition coefficient (Wildman–Crippen LogP) is 1.79. The SMILES string of the molecule is Cc1nn(C)cc1CNc1ccc(N)cc1C#N. The van der Waals surface area contributed by atoms with Crippen molar-refractivity contribution in [1.29, 1.82) is 5.26 Å². The van der Waals surface area contributed by atoms with E-state index in [2.05, 4.69) is 16.5 Å². The van der Waals surface area contributed by atoms with Crippen molar-refractivity contribution in [1.82, 2.24) is 9.78 Å². The smallest absolute Gasteiger partial charge is 0.101 e. The van der Waals surface area contributed by atoms with Crippen molar-refractivity contribution in [2.24, 2.45) is 7.05 Å². The lowest BCUT2D eigenvalue weighted by atomic mass is 10.1. The lowest BCUT2D eigenvalue weighted by Gasteiger charge is -2.08. The molecule has 0 aliphatic rings. The minimum Gasteiger partial charge on any atom is -0.399 e. The third-order valence-corrected chi connectivity index (χ3v) is 2.75. The van der Waals surface area contributed by atoms with Gasteiger partial charge < -0.3 is 11.1 Å². The average Bonchev–Trinajstić information content (AvgIpc) is 2.66. The van der Waals surface area contributed by atoms with Crippen LogP contribution in [0.25, 0.3) is 0 Å². The van der Waals surface area contributed by atoms with Crippen LogP contribution in [0.15, 0.2) is 24.4 Å². The van der Waals surface area contributed by atoms with Gasteiger partial charge in [0.1, 0.15) is 6.07 Å². The summed E-state index contributed by atoms with van der Waals surface area (Å²) in [5.74, 6) is 0. The number of rotatable bonds is 3. The van der Waals surface area contributed by atoms with Gasteiger partial charge in [0.25, 0.3) is 0 Å². The molecule has 0 radical (unpaired) electrons. The van der Waals surface area contributed by atoms with Crippen molar-refractivity contribution >= 4 is 11.4 Å². The van der Waals surface area contributed by atoms with E-state index in [1.165, 1.54) is 0 Å². The highest BCUT2D eigenvalue weighted by atomic mass is 15.2. The molecule has 0 saturated carbocycles. The van der Waals surface area contributed by atoms with Crippen LogP contribution in [-0.4, -0.2) is 9.78 Å². The Morgan fingerprint density at radius 2 is 2.28 bits per heavy atom. The molecule has 92 valence electrons. The van der Waals surface area contributed by atoms with Gasteiger partial charge in [0.15, 0.2) is 0 Å². The normalized spacial score (nSPS) is 10.1. The van der Waals surface area contributed by atoms with E-state index < -0.39 is 0 Å². The molecule has 1 aromatic heterocycles. The molecule has 5 heteroatoms. The lowest BCUT2D eigenvalue weighted by molar-refractivity contribution is 0.756. The second-order valence-electron chi connectivity index (χ2n) is 4.18. The summed E-state index contributed by atoms with van der Waals surface area (Å²) in [5.41, 5.74) is 9.67. The summed E-state index contributed by atoms with van der Waals surface area (Å²) in [5, 5.41) is 16.5. The number of benzene rings is 1. The number of hydrogen-bond donors (Lipinski definition) is 2. The first-order valence-corrected chi connectivity index (χ1v) is 5.63. The number of aryl methyl sites for hydroxylation is 2. The largest absolute Gasteiger partial charge is 0.399 e. The number of hydrogen-bond acceptors (Lipinski definition) is 4. The summed E-state index contributed by atoms with van der Waals surface area (Å²) in [6.07, 6.45) is 1.96. The van der Waals surface area contributed by atoms with Gasteiger partial charge in [-0.3, -0.25) is 4.68 Å². The maximum Gasteiger partial charge on any atom is 0.101 e. The second-order valence-corrected chi connectivity index (χ2v) is 4.18. The number of nitrogens with one attached hydrogen (secondary N) is 1. The van der Waals surface area contributed by atoms with Crippen molar-refractivity contribution < 1.29 is 0 Å². The van der Waals surface area contributed by atoms with Gasteiger partial charge in [-0.15, -0.1) is 0 Å². The number of nitrogen functional groups attached to an aromatic ring is 1. The molecule has 0 aliphatic heterocycles. The highest BCUT2D eigenvalue weighted by molar-refractivity contribution is 5.63. The summed E-state index contributed by atoms with van der Waals surface area (Å²) in [6.45, 7) is 2.60. The van der Waals surface area contributed by atoms with E-state index in [1.54, 1.807) is 16.8 Å². The van der Waals surface area contributed by atoms with Gasteiger partial charge in [-0.1, -0.05) is 0 Å². The van der Waals surface area contributed by atoms with E-state index in [9.17, 15) is 0 Å². The zero-order valence-corrected chi connectivity index (χ0v) is 10.4. The molecule has 0 atom stereocenters. The van der Waals surface area contributed by atoms with E-state index in [0.29, 0.717) is 17.8 Å². The molecule has 0 amide bonds. The molecule has 2 aromatic rings. The average molecular weight is 241 g/mol. The molecule has 0 fully saturated rings. The lowest BCUT2D eigenvalue weighted by Crippen LogP contribution is -2.02. The first-order valence-electron chi connectivity index (χ1n) is 5.63. The molecule has 1 aromatic carbocycles. The fraction of sp³-hybridized carbons (Fsp3) is 0.231. The van der Waals surface area contributed by atoms with Crippen LogP contribution in [0.3, 0.4) is 0 Å². The quantitative estimate of drug-likeness (QED) is 0.803. The van der Waals surface area contributed by atoms with Crippen molar-refractivity contribution in [2.75, 3.05) is 11.1 Å². The van der Waals surface area contributed by atoms with Gasteiger partial charge in [0, 0.05) is 31.0 Å². The van der Waals surface area contributed by atoms with Gasteiger partial charge in [-0.05, 0) is 25.1 Å². The number of aromatic nitrogens is 2. The fourth-order valence-electron chi connectivity index (χ4n) is 1.82. The van der Waals surface area contributed by atoms with Gasteiger partial charge in [-0.25, -0.2) is 0 Å². The topological polar surface area (TPSA) is 79.7 Å². The molecule has 0 aliphatic carbocycles. The van der Waals surface area contributed by atoms with Crippen LogP contribution in [-0.2, 0) is 13.6 Å². The minimum atomic E-state index is 0.552. The molecule has 1 heterocycles. The van der Waals surface area contributed by atoms with Crippen LogP contribution in [0.5, 0.6) is 0 Å². The Morgan fingerprint density at radius 1 is 1.50 bits per heavy atom. The number of anilines is 2. The first-order chi connectivity index (χ1) is 8.60. The van der Waals surface area contributed by atoms with Crippen LogP contribution in [0, 0.1) is 18.3 Å². The number of nitriles is 1. The van der Waals surface area contributed by atoms with Crippen LogP contribution in [0.1, 0.15) is 16.8 Å². The summed E-state index contributed by atoms with van der Waals surface area (Å²) >= 11 is 0. The third-order valence-electron chi connectivity index (χ3n) is 2.75. The zero-order valence-electron chi connectivity index (χ0n) is 10.4. The van der Waals surface area contributed by atoms with Crippen molar-refractivity contribution in [2.45, 2.75) is 13.5 Å². The molecule has 0 spiro atoms. The Balaban J connectivity index is 2.16. The molecule has 2 rings (SSSR count). The number of nitrogens with zero attached hydrogens (tertiary/aromatic N) is 3. The predicted molar refractivity (Wildman–Crippen MR) is 70.8 cm³/mol. The molecule has 18 heavy (non-hydrogen) atoms. The molecule has 3 N–H and O–H groups in total. The summed E-state index contributed by atoms with van der Waals surface area (Å²) < 4.78 is 1.78. The Labute approximate surface area is 106 Å². The van der Waals surface area contributed by atoms with Gasteiger partial charge in [0.2, 0.25) is 0 Å². The van der Waals surface area contributed by atoms with Gasteiger partial charge in [-0.2, -0.15) is 10.4 Å². The van der Waals surface area contributed by atoms with Crippen LogP contribution in [0.4, 0.5) is 11.4 Å². The Bertz CT molecular complexity index is 606. The summed E-state index contributed by atoms with van der Waals surface area (Å²) in [4.78, 5) is 0. The highest BCUT2D eigenvalue weighted by Crippen LogP contribution is 2.19. The maximum absolute atomic E-state index is 9.04. The second kappa shape index (κ2) is 4.80. The Kier molecular flexibility index (Phi) is 3.20. The molecular formula is C13H15N5. The van der Waals surface area contributed by atoms with Gasteiger partial charge >= 0.3 is 0 Å². The van der Waals surface area contributed by atoms with E-state index >= 15 is 0 Å². The molecule has 0 unspecified atom stereocenters. The monoisotopic (exact) mass is 241 g/mol. The standard InChI is InChI=1S/C13H15N5/c1-9-11(8-18(2)17-9)7-16-13-4-3-12(15)5-10(13)6-14/h3-5,8,16H,7,15H2,1-2H3. The number of nitrogens with two attached hydrogens (primary N) is 1. The Hall–Kier alpha value is -2.48. The summed E-state index contributed by atoms with van der Waals surface area (Å²) in [6, 6.07) is 7.39. The van der Waals surface area contributed by atoms with E-state index in [0.717, 1.165) is 16.9 Å². The first kappa shape index (κ1) is 12.0. The zero-order chi connectivity index (χ0) is 13.1. The molecular weight excluding hydrogens is 226 g/mol. The van der Waals surface area contributed by atoms with Crippen molar-refractivity contribution in [3.8, 4) is 6.07 Å². The third kappa shape index (κ3) is 2.43. The Morgan fingerprint density at radius 3 is 2.89 bits per heavy atom. The van der Waals surface area contributed by atoms with Crippen LogP contribution in [0.2, 0.25) is 0 Å². The minimum absolute atomic E-state index is 0.552.